The summed E-state index contributed by atoms with van der Waals surface area (Å²) in [5.41, 5.74) is 2.41. The Labute approximate surface area is 213 Å². The maximum atomic E-state index is 13.1. The van der Waals surface area contributed by atoms with Gasteiger partial charge in [0, 0.05) is 56.9 Å². The maximum Gasteiger partial charge on any atom is 0.212 e. The molecule has 7 nitrogen and oxygen atoms in total. The van der Waals surface area contributed by atoms with Gasteiger partial charge in [-0.2, -0.15) is 0 Å². The van der Waals surface area contributed by atoms with Crippen LogP contribution in [0.25, 0.3) is 0 Å². The molecular formula is C29H36N4O3. The molecule has 1 aliphatic carbocycles. The van der Waals surface area contributed by atoms with Gasteiger partial charge in [-0.3, -0.25) is 9.69 Å². The van der Waals surface area contributed by atoms with Crippen molar-refractivity contribution in [3.05, 3.63) is 72.3 Å². The first kappa shape index (κ1) is 24.4. The molecule has 1 aliphatic heterocycles. The molecule has 0 radical (unpaired) electrons. The van der Waals surface area contributed by atoms with Crippen LogP contribution in [0, 0.1) is 0 Å². The SMILES string of the molecule is COc1ccc(N2CCN(CC(=O)c3nccn3C)[C@@H](Cc3ccccc3)C2)cc1OC1CCCC1. The Bertz CT molecular complexity index is 1160. The summed E-state index contributed by atoms with van der Waals surface area (Å²) in [6.45, 7) is 2.85. The normalized spacial score (nSPS) is 18.9. The number of piperazine rings is 1. The molecule has 2 aliphatic rings. The van der Waals surface area contributed by atoms with E-state index in [1.165, 1.54) is 18.4 Å². The Morgan fingerprint density at radius 3 is 2.58 bits per heavy atom. The topological polar surface area (TPSA) is 59.8 Å². The van der Waals surface area contributed by atoms with E-state index in [9.17, 15) is 4.79 Å². The number of carbonyl (C=O) groups is 1. The monoisotopic (exact) mass is 488 g/mol. The highest BCUT2D eigenvalue weighted by Gasteiger charge is 2.30. The van der Waals surface area contributed by atoms with Gasteiger partial charge in [0.25, 0.3) is 0 Å². The highest BCUT2D eigenvalue weighted by molar-refractivity contribution is 5.94. The molecule has 0 amide bonds. The van der Waals surface area contributed by atoms with E-state index in [0.29, 0.717) is 12.4 Å². The number of anilines is 1. The number of ketones is 1. The summed E-state index contributed by atoms with van der Waals surface area (Å²) in [7, 11) is 3.57. The van der Waals surface area contributed by atoms with Gasteiger partial charge in [0.05, 0.1) is 19.8 Å². The van der Waals surface area contributed by atoms with Crippen molar-refractivity contribution in [2.24, 2.45) is 7.05 Å². The fourth-order valence-corrected chi connectivity index (χ4v) is 5.44. The number of benzene rings is 2. The van der Waals surface area contributed by atoms with Gasteiger partial charge >= 0.3 is 0 Å². The number of nitrogens with zero attached hydrogens (tertiary/aromatic N) is 4. The number of carbonyl (C=O) groups excluding carboxylic acids is 1. The number of Topliss-reactive ketones (excluding diaryl/α,β-unsaturated/α-hetero) is 1. The molecule has 0 bridgehead atoms. The standard InChI is InChI=1S/C29H36N4O3/c1-31-15-14-30-29(31)26(34)21-33-17-16-32(20-24(33)18-22-8-4-3-5-9-22)23-12-13-27(35-2)28(19-23)36-25-10-6-7-11-25/h3-5,8-9,12-15,19,24-25H,6-7,10-11,16-18,20-21H2,1-2H3/t24-/m0/s1. The zero-order valence-corrected chi connectivity index (χ0v) is 21.3. The third kappa shape index (κ3) is 5.57. The van der Waals surface area contributed by atoms with Crippen LogP contribution < -0.4 is 14.4 Å². The molecule has 36 heavy (non-hydrogen) atoms. The minimum Gasteiger partial charge on any atom is -0.493 e. The first-order chi connectivity index (χ1) is 17.6. The Balaban J connectivity index is 1.35. The minimum absolute atomic E-state index is 0.0608. The van der Waals surface area contributed by atoms with E-state index in [-0.39, 0.29) is 17.9 Å². The van der Waals surface area contributed by atoms with Crippen molar-refractivity contribution in [1.29, 1.82) is 0 Å². The quantitative estimate of drug-likeness (QED) is 0.417. The highest BCUT2D eigenvalue weighted by atomic mass is 16.5. The van der Waals surface area contributed by atoms with Crippen LogP contribution in [0.5, 0.6) is 11.5 Å². The van der Waals surface area contributed by atoms with Gasteiger partial charge in [-0.1, -0.05) is 30.3 Å². The summed E-state index contributed by atoms with van der Waals surface area (Å²) in [5.74, 6) is 2.19. The van der Waals surface area contributed by atoms with Crippen molar-refractivity contribution in [2.45, 2.75) is 44.2 Å². The van der Waals surface area contributed by atoms with E-state index in [1.54, 1.807) is 17.9 Å². The molecule has 1 saturated heterocycles. The second-order valence-electron chi connectivity index (χ2n) is 9.90. The highest BCUT2D eigenvalue weighted by Crippen LogP contribution is 2.35. The van der Waals surface area contributed by atoms with Gasteiger partial charge in [0.1, 0.15) is 0 Å². The molecule has 2 heterocycles. The van der Waals surface area contributed by atoms with E-state index in [1.807, 2.05) is 25.4 Å². The molecule has 7 heteroatoms. The second-order valence-corrected chi connectivity index (χ2v) is 9.90. The molecule has 2 aromatic carbocycles. The lowest BCUT2D eigenvalue weighted by Crippen LogP contribution is -2.55. The third-order valence-electron chi connectivity index (χ3n) is 7.44. The zero-order valence-electron chi connectivity index (χ0n) is 21.3. The van der Waals surface area contributed by atoms with Crippen LogP contribution in [-0.2, 0) is 13.5 Å². The summed E-state index contributed by atoms with van der Waals surface area (Å²) in [6, 6.07) is 17.0. The molecule has 0 spiro atoms. The Kier molecular flexibility index (Phi) is 7.56. The molecule has 5 rings (SSSR count). The number of methoxy groups -OCH3 is 1. The van der Waals surface area contributed by atoms with Crippen molar-refractivity contribution in [2.75, 3.05) is 38.2 Å². The third-order valence-corrected chi connectivity index (χ3v) is 7.44. The van der Waals surface area contributed by atoms with E-state index < -0.39 is 0 Å². The van der Waals surface area contributed by atoms with Crippen LogP contribution in [0.3, 0.4) is 0 Å². The largest absolute Gasteiger partial charge is 0.493 e. The van der Waals surface area contributed by atoms with Crippen LogP contribution in [0.1, 0.15) is 41.9 Å². The number of hydrogen-bond acceptors (Lipinski definition) is 6. The summed E-state index contributed by atoms with van der Waals surface area (Å²) < 4.78 is 13.8. The van der Waals surface area contributed by atoms with Gasteiger partial charge in [-0.15, -0.1) is 0 Å². The number of hydrogen-bond donors (Lipinski definition) is 0. The number of aromatic nitrogens is 2. The van der Waals surface area contributed by atoms with Crippen molar-refractivity contribution >= 4 is 11.5 Å². The first-order valence-electron chi connectivity index (χ1n) is 13.0. The Morgan fingerprint density at radius 2 is 1.86 bits per heavy atom. The van der Waals surface area contributed by atoms with Crippen molar-refractivity contribution in [1.82, 2.24) is 14.5 Å². The predicted octanol–water partition coefficient (Wildman–Crippen LogP) is 4.37. The number of imidazole rings is 1. The molecule has 0 unspecified atom stereocenters. The Hall–Kier alpha value is -3.32. The molecular weight excluding hydrogens is 452 g/mol. The van der Waals surface area contributed by atoms with Crippen molar-refractivity contribution in [3.8, 4) is 11.5 Å². The summed E-state index contributed by atoms with van der Waals surface area (Å²) in [5, 5.41) is 0. The van der Waals surface area contributed by atoms with Crippen molar-refractivity contribution in [3.63, 3.8) is 0 Å². The molecule has 1 atom stereocenters. The van der Waals surface area contributed by atoms with E-state index in [0.717, 1.165) is 56.1 Å². The maximum absolute atomic E-state index is 13.1. The predicted molar refractivity (Wildman–Crippen MR) is 141 cm³/mol. The van der Waals surface area contributed by atoms with Gasteiger partial charge in [0.15, 0.2) is 17.3 Å². The van der Waals surface area contributed by atoms with Crippen LogP contribution in [0.4, 0.5) is 5.69 Å². The van der Waals surface area contributed by atoms with E-state index in [2.05, 4.69) is 51.2 Å². The average molecular weight is 489 g/mol. The molecule has 0 N–H and O–H groups in total. The smallest absolute Gasteiger partial charge is 0.212 e. The lowest BCUT2D eigenvalue weighted by atomic mass is 10.0. The molecule has 1 aromatic heterocycles. The molecule has 3 aromatic rings. The summed E-state index contributed by atoms with van der Waals surface area (Å²) in [4.78, 5) is 22.1. The lowest BCUT2D eigenvalue weighted by Gasteiger charge is -2.42. The first-order valence-corrected chi connectivity index (χ1v) is 13.0. The fourth-order valence-electron chi connectivity index (χ4n) is 5.44. The minimum atomic E-state index is 0.0608. The zero-order chi connectivity index (χ0) is 24.9. The van der Waals surface area contributed by atoms with Gasteiger partial charge in [0.2, 0.25) is 5.78 Å². The van der Waals surface area contributed by atoms with Crippen molar-refractivity contribution < 1.29 is 14.3 Å². The Morgan fingerprint density at radius 1 is 1.06 bits per heavy atom. The molecule has 1 saturated carbocycles. The van der Waals surface area contributed by atoms with Crippen LogP contribution in [0.2, 0.25) is 0 Å². The molecule has 190 valence electrons. The van der Waals surface area contributed by atoms with Crippen LogP contribution in [0.15, 0.2) is 60.9 Å². The summed E-state index contributed by atoms with van der Waals surface area (Å²) in [6.07, 6.45) is 9.33. The van der Waals surface area contributed by atoms with Crippen LogP contribution >= 0.6 is 0 Å². The van der Waals surface area contributed by atoms with Crippen LogP contribution in [-0.4, -0.2) is 65.7 Å². The van der Waals surface area contributed by atoms with Gasteiger partial charge in [-0.05, 0) is 49.8 Å². The number of rotatable bonds is 9. The van der Waals surface area contributed by atoms with E-state index in [4.69, 9.17) is 9.47 Å². The average Bonchev–Trinajstić information content (AvgIpc) is 3.57. The number of ether oxygens (including phenoxy) is 2. The molecule has 2 fully saturated rings. The second kappa shape index (κ2) is 11.2. The van der Waals surface area contributed by atoms with Gasteiger partial charge in [-0.25, -0.2) is 4.98 Å². The van der Waals surface area contributed by atoms with Gasteiger partial charge < -0.3 is 18.9 Å². The van der Waals surface area contributed by atoms with E-state index >= 15 is 0 Å². The summed E-state index contributed by atoms with van der Waals surface area (Å²) >= 11 is 0. The lowest BCUT2D eigenvalue weighted by molar-refractivity contribution is 0.0862. The number of aryl methyl sites for hydroxylation is 1. The fraction of sp³-hybridized carbons (Fsp3) is 0.448.